The molecule has 1 heterocycles. The summed E-state index contributed by atoms with van der Waals surface area (Å²) >= 11 is 0. The van der Waals surface area contributed by atoms with Crippen LogP contribution in [0.15, 0.2) is 18.2 Å². The highest BCUT2D eigenvalue weighted by atomic mass is 16.5. The summed E-state index contributed by atoms with van der Waals surface area (Å²) in [6, 6.07) is 5.03. The van der Waals surface area contributed by atoms with E-state index in [1.54, 1.807) is 4.90 Å². The lowest BCUT2D eigenvalue weighted by Gasteiger charge is -2.32. The van der Waals surface area contributed by atoms with Crippen molar-refractivity contribution < 1.29 is 19.4 Å². The van der Waals surface area contributed by atoms with Crippen molar-refractivity contribution in [3.63, 3.8) is 0 Å². The number of nitrogens with one attached hydrogen (secondary N) is 1. The molecule has 6 heteroatoms. The third-order valence-electron chi connectivity index (χ3n) is 3.62. The van der Waals surface area contributed by atoms with Crippen LogP contribution in [0.3, 0.4) is 0 Å². The summed E-state index contributed by atoms with van der Waals surface area (Å²) in [5, 5.41) is 12.0. The predicted molar refractivity (Wildman–Crippen MR) is 78.4 cm³/mol. The summed E-state index contributed by atoms with van der Waals surface area (Å²) in [6.45, 7) is 4.91. The van der Waals surface area contributed by atoms with Gasteiger partial charge in [-0.05, 0) is 25.0 Å². The molecule has 1 saturated heterocycles. The van der Waals surface area contributed by atoms with Crippen LogP contribution in [0.4, 0.5) is 5.69 Å². The summed E-state index contributed by atoms with van der Waals surface area (Å²) in [5.41, 5.74) is 2.77. The molecule has 6 nitrogen and oxygen atoms in total. The summed E-state index contributed by atoms with van der Waals surface area (Å²) in [6.07, 6.45) is 0. The van der Waals surface area contributed by atoms with E-state index in [-0.39, 0.29) is 19.1 Å². The van der Waals surface area contributed by atoms with E-state index in [0.717, 1.165) is 16.8 Å². The van der Waals surface area contributed by atoms with E-state index in [1.807, 2.05) is 32.0 Å². The summed E-state index contributed by atoms with van der Waals surface area (Å²) in [7, 11) is 0. The number of aliphatic carboxylic acids is 1. The number of amides is 1. The van der Waals surface area contributed by atoms with E-state index in [1.165, 1.54) is 0 Å². The molecule has 1 fully saturated rings. The number of morpholine rings is 1. The van der Waals surface area contributed by atoms with E-state index in [9.17, 15) is 9.59 Å². The lowest BCUT2D eigenvalue weighted by atomic mass is 10.1. The molecule has 0 aliphatic carbocycles. The molecular weight excluding hydrogens is 272 g/mol. The third-order valence-corrected chi connectivity index (χ3v) is 3.62. The zero-order chi connectivity index (χ0) is 15.4. The highest BCUT2D eigenvalue weighted by molar-refractivity contribution is 5.94. The Morgan fingerprint density at radius 3 is 2.67 bits per heavy atom. The molecule has 114 valence electrons. The van der Waals surface area contributed by atoms with Gasteiger partial charge in [-0.25, -0.2) is 0 Å². The molecule has 1 amide bonds. The molecule has 1 aromatic rings. The number of carboxylic acid groups (broad SMARTS) is 1. The Morgan fingerprint density at radius 1 is 1.38 bits per heavy atom. The molecular formula is C15H20N2O4. The molecule has 1 aliphatic rings. The minimum Gasteiger partial charge on any atom is -0.480 e. The molecule has 1 aliphatic heterocycles. The van der Waals surface area contributed by atoms with Gasteiger partial charge in [0.2, 0.25) is 5.91 Å². The lowest BCUT2D eigenvalue weighted by molar-refractivity contribution is -0.150. The fraction of sp³-hybridized carbons (Fsp3) is 0.467. The van der Waals surface area contributed by atoms with Crippen LogP contribution in [-0.4, -0.2) is 54.2 Å². The summed E-state index contributed by atoms with van der Waals surface area (Å²) < 4.78 is 5.16. The van der Waals surface area contributed by atoms with Gasteiger partial charge in [0.15, 0.2) is 0 Å². The first-order valence-corrected chi connectivity index (χ1v) is 6.89. The third kappa shape index (κ3) is 3.80. The van der Waals surface area contributed by atoms with E-state index < -0.39 is 12.0 Å². The fourth-order valence-electron chi connectivity index (χ4n) is 2.43. The first kappa shape index (κ1) is 15.5. The number of ether oxygens (including phenoxy) is 1. The number of hydrogen-bond acceptors (Lipinski definition) is 4. The van der Waals surface area contributed by atoms with Crippen LogP contribution in [0.2, 0.25) is 0 Å². The number of carbonyl (C=O) groups excluding carboxylic acids is 1. The van der Waals surface area contributed by atoms with Gasteiger partial charge in [-0.15, -0.1) is 0 Å². The van der Waals surface area contributed by atoms with Gasteiger partial charge >= 0.3 is 5.97 Å². The van der Waals surface area contributed by atoms with Crippen LogP contribution in [0.1, 0.15) is 11.1 Å². The number of rotatable bonds is 4. The number of hydrogen-bond donors (Lipinski definition) is 2. The van der Waals surface area contributed by atoms with Crippen molar-refractivity contribution >= 4 is 17.6 Å². The largest absolute Gasteiger partial charge is 0.480 e. The Balaban J connectivity index is 2.02. The maximum absolute atomic E-state index is 12.2. The van der Waals surface area contributed by atoms with Crippen LogP contribution < -0.4 is 5.32 Å². The van der Waals surface area contributed by atoms with Crippen LogP contribution in [0, 0.1) is 13.8 Å². The number of carboxylic acids is 1. The highest BCUT2D eigenvalue weighted by Gasteiger charge is 2.30. The topological polar surface area (TPSA) is 78.9 Å². The Labute approximate surface area is 123 Å². The van der Waals surface area contributed by atoms with Gasteiger partial charge in [-0.3, -0.25) is 14.5 Å². The zero-order valence-electron chi connectivity index (χ0n) is 12.3. The van der Waals surface area contributed by atoms with Gasteiger partial charge in [0, 0.05) is 12.2 Å². The molecule has 2 rings (SSSR count). The summed E-state index contributed by atoms with van der Waals surface area (Å²) in [5.74, 6) is -1.17. The Bertz CT molecular complexity index is 524. The monoisotopic (exact) mass is 292 g/mol. The molecule has 1 unspecified atom stereocenters. The van der Waals surface area contributed by atoms with E-state index in [4.69, 9.17) is 9.84 Å². The van der Waals surface area contributed by atoms with Gasteiger partial charge in [-0.1, -0.05) is 18.2 Å². The van der Waals surface area contributed by atoms with Gasteiger partial charge in [0.25, 0.3) is 0 Å². The van der Waals surface area contributed by atoms with E-state index >= 15 is 0 Å². The van der Waals surface area contributed by atoms with Crippen LogP contribution in [-0.2, 0) is 14.3 Å². The molecule has 2 N–H and O–H groups in total. The average molecular weight is 292 g/mol. The van der Waals surface area contributed by atoms with Crippen LogP contribution >= 0.6 is 0 Å². The molecule has 1 atom stereocenters. The van der Waals surface area contributed by atoms with E-state index in [0.29, 0.717) is 13.2 Å². The standard InChI is InChI=1S/C15H20N2O4/c1-10-4-3-5-11(2)14(10)16-13(18)8-17-6-7-21-9-12(17)15(19)20/h3-5,12H,6-9H2,1-2H3,(H,16,18)(H,19,20). The molecule has 1 aromatic carbocycles. The molecule has 0 aromatic heterocycles. The van der Waals surface area contributed by atoms with Crippen molar-refractivity contribution in [3.05, 3.63) is 29.3 Å². The highest BCUT2D eigenvalue weighted by Crippen LogP contribution is 2.19. The van der Waals surface area contributed by atoms with Crippen molar-refractivity contribution in [3.8, 4) is 0 Å². The Hall–Kier alpha value is -1.92. The van der Waals surface area contributed by atoms with Crippen molar-refractivity contribution in [2.45, 2.75) is 19.9 Å². The van der Waals surface area contributed by atoms with Gasteiger partial charge in [-0.2, -0.15) is 0 Å². The quantitative estimate of drug-likeness (QED) is 0.866. The second-order valence-electron chi connectivity index (χ2n) is 5.21. The van der Waals surface area contributed by atoms with Gasteiger partial charge in [0.05, 0.1) is 19.8 Å². The number of benzene rings is 1. The number of aryl methyl sites for hydroxylation is 2. The SMILES string of the molecule is Cc1cccc(C)c1NC(=O)CN1CCOCC1C(=O)O. The first-order valence-electron chi connectivity index (χ1n) is 6.89. The van der Waals surface area contributed by atoms with Crippen LogP contribution in [0.5, 0.6) is 0 Å². The maximum Gasteiger partial charge on any atom is 0.323 e. The number of para-hydroxylation sites is 1. The smallest absolute Gasteiger partial charge is 0.323 e. The van der Waals surface area contributed by atoms with Crippen molar-refractivity contribution in [1.82, 2.24) is 4.90 Å². The lowest BCUT2D eigenvalue weighted by Crippen LogP contribution is -2.52. The zero-order valence-corrected chi connectivity index (χ0v) is 12.3. The van der Waals surface area contributed by atoms with Gasteiger partial charge < -0.3 is 15.2 Å². The average Bonchev–Trinajstić information content (AvgIpc) is 2.43. The normalized spacial score (nSPS) is 19.2. The second-order valence-corrected chi connectivity index (χ2v) is 5.21. The minimum absolute atomic E-state index is 0.0497. The van der Waals surface area contributed by atoms with Gasteiger partial charge in [0.1, 0.15) is 6.04 Å². The number of carbonyl (C=O) groups is 2. The Morgan fingerprint density at radius 2 is 2.05 bits per heavy atom. The van der Waals surface area contributed by atoms with Crippen molar-refractivity contribution in [1.29, 1.82) is 0 Å². The molecule has 0 radical (unpaired) electrons. The van der Waals surface area contributed by atoms with Crippen molar-refractivity contribution in [2.75, 3.05) is 31.6 Å². The van der Waals surface area contributed by atoms with Crippen molar-refractivity contribution in [2.24, 2.45) is 0 Å². The number of anilines is 1. The summed E-state index contributed by atoms with van der Waals surface area (Å²) in [4.78, 5) is 25.0. The predicted octanol–water partition coefficient (Wildman–Crippen LogP) is 1.03. The molecule has 21 heavy (non-hydrogen) atoms. The second kappa shape index (κ2) is 6.69. The van der Waals surface area contributed by atoms with Crippen LogP contribution in [0.25, 0.3) is 0 Å². The molecule has 0 spiro atoms. The molecule has 0 saturated carbocycles. The first-order chi connectivity index (χ1) is 9.99. The fourth-order valence-corrected chi connectivity index (χ4v) is 2.43. The molecule has 0 bridgehead atoms. The minimum atomic E-state index is -0.963. The maximum atomic E-state index is 12.2. The Kier molecular flexibility index (Phi) is 4.93. The van der Waals surface area contributed by atoms with E-state index in [2.05, 4.69) is 5.32 Å². The number of nitrogens with zero attached hydrogens (tertiary/aromatic N) is 1.